The van der Waals surface area contributed by atoms with Crippen LogP contribution >= 0.6 is 0 Å². The van der Waals surface area contributed by atoms with Crippen LogP contribution < -0.4 is 5.43 Å². The van der Waals surface area contributed by atoms with E-state index in [4.69, 9.17) is 0 Å². The van der Waals surface area contributed by atoms with E-state index in [9.17, 15) is 14.9 Å². The maximum absolute atomic E-state index is 11.9. The first-order valence-corrected chi connectivity index (χ1v) is 7.21. The number of hydrazone groups is 1. The molecule has 1 amide bonds. The molecule has 3 rings (SSSR count). The summed E-state index contributed by atoms with van der Waals surface area (Å²) in [7, 11) is 0. The van der Waals surface area contributed by atoms with E-state index < -0.39 is 10.8 Å². The molecule has 2 bridgehead atoms. The summed E-state index contributed by atoms with van der Waals surface area (Å²) >= 11 is 0. The molecule has 0 heterocycles. The van der Waals surface area contributed by atoms with Crippen LogP contribution in [0.2, 0.25) is 0 Å². The molecule has 0 saturated heterocycles. The van der Waals surface area contributed by atoms with E-state index >= 15 is 0 Å². The van der Waals surface area contributed by atoms with Crippen LogP contribution in [0, 0.1) is 27.9 Å². The van der Waals surface area contributed by atoms with E-state index in [0.717, 1.165) is 5.92 Å². The van der Waals surface area contributed by atoms with Gasteiger partial charge in [-0.05, 0) is 43.1 Å². The van der Waals surface area contributed by atoms with Gasteiger partial charge in [-0.1, -0.05) is 12.5 Å². The van der Waals surface area contributed by atoms with Crippen LogP contribution in [0.25, 0.3) is 0 Å². The number of benzene rings is 1. The maximum Gasteiger partial charge on any atom is 0.271 e. The fourth-order valence-corrected chi connectivity index (χ4v) is 3.49. The molecule has 21 heavy (non-hydrogen) atoms. The third kappa shape index (κ3) is 2.94. The molecule has 1 aromatic rings. The van der Waals surface area contributed by atoms with Crippen LogP contribution in [0.5, 0.6) is 0 Å². The van der Waals surface area contributed by atoms with Crippen molar-refractivity contribution in [1.82, 2.24) is 5.43 Å². The van der Waals surface area contributed by atoms with E-state index in [1.165, 1.54) is 49.9 Å². The first-order chi connectivity index (χ1) is 10.1. The van der Waals surface area contributed by atoms with Gasteiger partial charge in [0.1, 0.15) is 0 Å². The van der Waals surface area contributed by atoms with Gasteiger partial charge >= 0.3 is 0 Å². The Labute approximate surface area is 122 Å². The van der Waals surface area contributed by atoms with E-state index in [2.05, 4.69) is 10.5 Å². The molecule has 3 unspecified atom stereocenters. The zero-order valence-electron chi connectivity index (χ0n) is 11.6. The van der Waals surface area contributed by atoms with E-state index in [1.807, 2.05) is 6.21 Å². The largest absolute Gasteiger partial charge is 0.271 e. The number of non-ortho nitro benzene ring substituents is 1. The summed E-state index contributed by atoms with van der Waals surface area (Å²) in [5.41, 5.74) is 2.61. The standard InChI is InChI=1S/C15H17N3O3/c19-15(12-2-1-3-14(8-12)18(20)21)17-16-9-13-7-10-4-5-11(13)6-10/h1-3,8-11,13H,4-7H2,(H,17,19). The van der Waals surface area contributed by atoms with Crippen LogP contribution in [0.4, 0.5) is 5.69 Å². The molecule has 6 nitrogen and oxygen atoms in total. The molecule has 0 aliphatic heterocycles. The highest BCUT2D eigenvalue weighted by atomic mass is 16.6. The molecule has 0 aromatic heterocycles. The second-order valence-electron chi connectivity index (χ2n) is 5.87. The summed E-state index contributed by atoms with van der Waals surface area (Å²) in [5.74, 6) is 1.60. The number of nitro benzene ring substituents is 1. The second kappa shape index (κ2) is 5.63. The lowest BCUT2D eigenvalue weighted by Gasteiger charge is -2.16. The molecule has 2 fully saturated rings. The molecule has 0 radical (unpaired) electrons. The Morgan fingerprint density at radius 3 is 2.90 bits per heavy atom. The lowest BCUT2D eigenvalue weighted by molar-refractivity contribution is -0.384. The van der Waals surface area contributed by atoms with Crippen molar-refractivity contribution >= 4 is 17.8 Å². The van der Waals surface area contributed by atoms with Gasteiger partial charge < -0.3 is 0 Å². The monoisotopic (exact) mass is 287 g/mol. The van der Waals surface area contributed by atoms with Crippen molar-refractivity contribution in [1.29, 1.82) is 0 Å². The number of nitro groups is 1. The van der Waals surface area contributed by atoms with Gasteiger partial charge in [-0.2, -0.15) is 5.10 Å². The zero-order valence-corrected chi connectivity index (χ0v) is 11.6. The van der Waals surface area contributed by atoms with Crippen molar-refractivity contribution in [2.24, 2.45) is 22.9 Å². The van der Waals surface area contributed by atoms with Gasteiger partial charge in [0.15, 0.2) is 0 Å². The van der Waals surface area contributed by atoms with Crippen molar-refractivity contribution in [3.8, 4) is 0 Å². The molecule has 1 aromatic carbocycles. The number of rotatable bonds is 4. The second-order valence-corrected chi connectivity index (χ2v) is 5.87. The molecular weight excluding hydrogens is 270 g/mol. The van der Waals surface area contributed by atoms with Crippen LogP contribution in [-0.2, 0) is 0 Å². The SMILES string of the molecule is O=C(NN=CC1CC2CCC1C2)c1cccc([N+](=O)[O-])c1. The molecule has 1 N–H and O–H groups in total. The highest BCUT2D eigenvalue weighted by molar-refractivity contribution is 5.94. The van der Waals surface area contributed by atoms with Crippen LogP contribution in [-0.4, -0.2) is 17.0 Å². The Kier molecular flexibility index (Phi) is 3.68. The number of carbonyl (C=O) groups excluding carboxylic acids is 1. The number of nitrogens with one attached hydrogen (secondary N) is 1. The van der Waals surface area contributed by atoms with Crippen molar-refractivity contribution in [2.45, 2.75) is 25.7 Å². The van der Waals surface area contributed by atoms with Crippen molar-refractivity contribution in [3.63, 3.8) is 0 Å². The van der Waals surface area contributed by atoms with E-state index in [0.29, 0.717) is 11.8 Å². The number of nitrogens with zero attached hydrogens (tertiary/aromatic N) is 2. The number of carbonyl (C=O) groups is 1. The highest BCUT2D eigenvalue weighted by Gasteiger charge is 2.38. The molecule has 3 atom stereocenters. The number of amides is 1. The van der Waals surface area contributed by atoms with Gasteiger partial charge in [-0.15, -0.1) is 0 Å². The third-order valence-electron chi connectivity index (χ3n) is 4.54. The third-order valence-corrected chi connectivity index (χ3v) is 4.54. The van der Waals surface area contributed by atoms with Crippen molar-refractivity contribution in [2.75, 3.05) is 0 Å². The zero-order chi connectivity index (χ0) is 14.8. The maximum atomic E-state index is 11.9. The topological polar surface area (TPSA) is 84.6 Å². The van der Waals surface area contributed by atoms with Gasteiger partial charge in [0.05, 0.1) is 4.92 Å². The van der Waals surface area contributed by atoms with Gasteiger partial charge in [0.2, 0.25) is 0 Å². The fourth-order valence-electron chi connectivity index (χ4n) is 3.49. The molecule has 2 aliphatic carbocycles. The average Bonchev–Trinajstić information content (AvgIpc) is 3.10. The Morgan fingerprint density at radius 2 is 2.24 bits per heavy atom. The smallest absolute Gasteiger partial charge is 0.267 e. The van der Waals surface area contributed by atoms with Gasteiger partial charge in [0.25, 0.3) is 11.6 Å². The van der Waals surface area contributed by atoms with E-state index in [1.54, 1.807) is 0 Å². The Balaban J connectivity index is 1.59. The quantitative estimate of drug-likeness (QED) is 0.525. The molecule has 2 aliphatic rings. The Hall–Kier alpha value is -2.24. The minimum Gasteiger partial charge on any atom is -0.267 e. The molecular formula is C15H17N3O3. The fraction of sp³-hybridized carbons (Fsp3) is 0.467. The summed E-state index contributed by atoms with van der Waals surface area (Å²) in [5, 5.41) is 14.7. The molecule has 2 saturated carbocycles. The summed E-state index contributed by atoms with van der Waals surface area (Å²) in [6, 6.07) is 5.64. The predicted molar refractivity (Wildman–Crippen MR) is 78.0 cm³/mol. The summed E-state index contributed by atoms with van der Waals surface area (Å²) in [6.45, 7) is 0. The van der Waals surface area contributed by atoms with Crippen LogP contribution in [0.1, 0.15) is 36.0 Å². The number of fused-ring (bicyclic) bond motifs is 2. The van der Waals surface area contributed by atoms with E-state index in [-0.39, 0.29) is 11.3 Å². The first-order valence-electron chi connectivity index (χ1n) is 7.21. The molecule has 6 heteroatoms. The van der Waals surface area contributed by atoms with Crippen molar-refractivity contribution < 1.29 is 9.72 Å². The minimum atomic E-state index is -0.519. The number of hydrogen-bond donors (Lipinski definition) is 1. The van der Waals surface area contributed by atoms with Crippen molar-refractivity contribution in [3.05, 3.63) is 39.9 Å². The van der Waals surface area contributed by atoms with Gasteiger partial charge in [0, 0.05) is 23.9 Å². The van der Waals surface area contributed by atoms with Crippen LogP contribution in [0.3, 0.4) is 0 Å². The average molecular weight is 287 g/mol. The Morgan fingerprint density at radius 1 is 1.38 bits per heavy atom. The highest BCUT2D eigenvalue weighted by Crippen LogP contribution is 2.47. The molecule has 110 valence electrons. The summed E-state index contributed by atoms with van der Waals surface area (Å²) in [4.78, 5) is 22.1. The van der Waals surface area contributed by atoms with Crippen LogP contribution in [0.15, 0.2) is 29.4 Å². The normalized spacial score (nSPS) is 27.1. The number of hydrogen-bond acceptors (Lipinski definition) is 4. The Bertz CT molecular complexity index is 600. The predicted octanol–water partition coefficient (Wildman–Crippen LogP) is 2.75. The van der Waals surface area contributed by atoms with Gasteiger partial charge in [-0.25, -0.2) is 5.43 Å². The minimum absolute atomic E-state index is 0.0975. The van der Waals surface area contributed by atoms with Gasteiger partial charge in [-0.3, -0.25) is 14.9 Å². The molecule has 0 spiro atoms. The lowest BCUT2D eigenvalue weighted by atomic mass is 9.90. The lowest BCUT2D eigenvalue weighted by Crippen LogP contribution is -2.20. The summed E-state index contributed by atoms with van der Waals surface area (Å²) < 4.78 is 0. The first kappa shape index (κ1) is 13.7. The summed E-state index contributed by atoms with van der Waals surface area (Å²) in [6.07, 6.45) is 6.88.